The fourth-order valence-electron chi connectivity index (χ4n) is 3.36. The Hall–Kier alpha value is -1.94. The SMILES string of the molecule is COCC1(CNS(=O)(=O)c2cnn(-c3ccccc3OC)c2)CCNCC1. The van der Waals surface area contributed by atoms with Crippen LogP contribution >= 0.6 is 0 Å². The number of rotatable bonds is 8. The highest BCUT2D eigenvalue weighted by Gasteiger charge is 2.33. The van der Waals surface area contributed by atoms with Crippen molar-refractivity contribution in [3.63, 3.8) is 0 Å². The zero-order valence-corrected chi connectivity index (χ0v) is 16.5. The number of benzene rings is 1. The molecule has 1 aliphatic rings. The summed E-state index contributed by atoms with van der Waals surface area (Å²) in [6, 6.07) is 7.31. The van der Waals surface area contributed by atoms with Crippen molar-refractivity contribution < 1.29 is 17.9 Å². The van der Waals surface area contributed by atoms with E-state index in [0.29, 0.717) is 24.6 Å². The number of nitrogens with one attached hydrogen (secondary N) is 2. The molecule has 0 amide bonds. The molecule has 3 rings (SSSR count). The first kappa shape index (κ1) is 19.8. The number of nitrogens with zero attached hydrogens (tertiary/aromatic N) is 2. The van der Waals surface area contributed by atoms with Crippen LogP contribution in [0.3, 0.4) is 0 Å². The number of sulfonamides is 1. The first-order chi connectivity index (χ1) is 13.0. The Balaban J connectivity index is 1.76. The Labute approximate surface area is 159 Å². The second kappa shape index (κ2) is 8.39. The molecule has 8 nitrogen and oxygen atoms in total. The lowest BCUT2D eigenvalue weighted by Crippen LogP contribution is -2.47. The van der Waals surface area contributed by atoms with Crippen molar-refractivity contribution in [1.29, 1.82) is 0 Å². The van der Waals surface area contributed by atoms with Gasteiger partial charge in [0.15, 0.2) is 0 Å². The van der Waals surface area contributed by atoms with Crippen LogP contribution in [0, 0.1) is 5.41 Å². The summed E-state index contributed by atoms with van der Waals surface area (Å²) in [5.74, 6) is 0.617. The van der Waals surface area contributed by atoms with E-state index in [9.17, 15) is 8.42 Å². The van der Waals surface area contributed by atoms with Crippen LogP contribution in [0.1, 0.15) is 12.8 Å². The van der Waals surface area contributed by atoms with Crippen molar-refractivity contribution in [2.75, 3.05) is 40.5 Å². The van der Waals surface area contributed by atoms with Crippen molar-refractivity contribution in [2.45, 2.75) is 17.7 Å². The van der Waals surface area contributed by atoms with Gasteiger partial charge in [-0.15, -0.1) is 0 Å². The molecule has 2 N–H and O–H groups in total. The van der Waals surface area contributed by atoms with Crippen LogP contribution in [0.25, 0.3) is 5.69 Å². The van der Waals surface area contributed by atoms with E-state index >= 15 is 0 Å². The van der Waals surface area contributed by atoms with Gasteiger partial charge in [0, 0.05) is 19.1 Å². The van der Waals surface area contributed by atoms with Crippen molar-refractivity contribution in [2.24, 2.45) is 5.41 Å². The van der Waals surface area contributed by atoms with Crippen molar-refractivity contribution >= 4 is 10.0 Å². The smallest absolute Gasteiger partial charge is 0.243 e. The molecule has 1 fully saturated rings. The van der Waals surface area contributed by atoms with Crippen molar-refractivity contribution in [3.05, 3.63) is 36.7 Å². The van der Waals surface area contributed by atoms with E-state index in [2.05, 4.69) is 15.1 Å². The molecule has 1 aromatic carbocycles. The lowest BCUT2D eigenvalue weighted by molar-refractivity contribution is 0.0577. The van der Waals surface area contributed by atoms with E-state index < -0.39 is 10.0 Å². The Kier molecular flexibility index (Phi) is 6.15. The van der Waals surface area contributed by atoms with Crippen LogP contribution in [0.15, 0.2) is 41.6 Å². The molecular weight excluding hydrogens is 368 g/mol. The van der Waals surface area contributed by atoms with Gasteiger partial charge in [0.25, 0.3) is 0 Å². The summed E-state index contributed by atoms with van der Waals surface area (Å²) in [6.45, 7) is 2.58. The van der Waals surface area contributed by atoms with E-state index in [1.807, 2.05) is 18.2 Å². The topological polar surface area (TPSA) is 94.5 Å². The molecule has 148 valence electrons. The highest BCUT2D eigenvalue weighted by molar-refractivity contribution is 7.89. The highest BCUT2D eigenvalue weighted by Crippen LogP contribution is 2.29. The maximum atomic E-state index is 12.8. The van der Waals surface area contributed by atoms with E-state index in [4.69, 9.17) is 9.47 Å². The molecule has 1 aromatic heterocycles. The second-order valence-corrected chi connectivity index (χ2v) is 8.57. The van der Waals surface area contributed by atoms with Crippen LogP contribution < -0.4 is 14.8 Å². The fourth-order valence-corrected chi connectivity index (χ4v) is 4.45. The van der Waals surface area contributed by atoms with Gasteiger partial charge in [-0.3, -0.25) is 0 Å². The van der Waals surface area contributed by atoms with E-state index in [1.54, 1.807) is 20.3 Å². The largest absolute Gasteiger partial charge is 0.494 e. The predicted molar refractivity (Wildman–Crippen MR) is 102 cm³/mol. The number of hydrogen-bond acceptors (Lipinski definition) is 6. The maximum Gasteiger partial charge on any atom is 0.243 e. The van der Waals surface area contributed by atoms with E-state index in [1.165, 1.54) is 17.1 Å². The zero-order valence-electron chi connectivity index (χ0n) is 15.6. The predicted octanol–water partition coefficient (Wildman–Crippen LogP) is 1.18. The standard InChI is InChI=1S/C18H26N4O4S/c1-25-14-18(7-9-19-10-8-18)13-21-27(23,24)15-11-20-22(12-15)16-5-3-4-6-17(16)26-2/h3-6,11-12,19,21H,7-10,13-14H2,1-2H3. The molecule has 0 atom stereocenters. The molecule has 2 heterocycles. The average molecular weight is 394 g/mol. The molecule has 1 aliphatic heterocycles. The summed E-state index contributed by atoms with van der Waals surface area (Å²) in [4.78, 5) is 0.120. The number of piperidine rings is 1. The van der Waals surface area contributed by atoms with Gasteiger partial charge < -0.3 is 14.8 Å². The summed E-state index contributed by atoms with van der Waals surface area (Å²) in [5.41, 5.74) is 0.488. The van der Waals surface area contributed by atoms with Gasteiger partial charge in [-0.1, -0.05) is 12.1 Å². The summed E-state index contributed by atoms with van der Waals surface area (Å²) < 4.78 is 40.4. The fraction of sp³-hybridized carbons (Fsp3) is 0.500. The van der Waals surface area contributed by atoms with Gasteiger partial charge in [-0.05, 0) is 38.1 Å². The quantitative estimate of drug-likeness (QED) is 0.698. The molecule has 0 bridgehead atoms. The number of ether oxygens (including phenoxy) is 2. The second-order valence-electron chi connectivity index (χ2n) is 6.80. The van der Waals surface area contributed by atoms with E-state index in [-0.39, 0.29) is 10.3 Å². The van der Waals surface area contributed by atoms with Gasteiger partial charge in [0.2, 0.25) is 10.0 Å². The minimum absolute atomic E-state index is 0.120. The lowest BCUT2D eigenvalue weighted by Gasteiger charge is -2.37. The monoisotopic (exact) mass is 394 g/mol. The Morgan fingerprint density at radius 3 is 2.70 bits per heavy atom. The molecule has 2 aromatic rings. The first-order valence-corrected chi connectivity index (χ1v) is 10.4. The third kappa shape index (κ3) is 4.49. The minimum atomic E-state index is -3.67. The number of aromatic nitrogens is 2. The van der Waals surface area contributed by atoms with Gasteiger partial charge >= 0.3 is 0 Å². The molecule has 0 aliphatic carbocycles. The Morgan fingerprint density at radius 2 is 2.00 bits per heavy atom. The number of hydrogen-bond donors (Lipinski definition) is 2. The molecule has 0 unspecified atom stereocenters. The molecule has 0 saturated carbocycles. The normalized spacial score (nSPS) is 17.0. The van der Waals surface area contributed by atoms with Crippen molar-refractivity contribution in [1.82, 2.24) is 19.8 Å². The lowest BCUT2D eigenvalue weighted by atomic mass is 9.80. The molecule has 9 heteroatoms. The van der Waals surface area contributed by atoms with Crippen LogP contribution in [0.5, 0.6) is 5.75 Å². The summed E-state index contributed by atoms with van der Waals surface area (Å²) >= 11 is 0. The third-order valence-corrected chi connectivity index (χ3v) is 6.31. The van der Waals surface area contributed by atoms with Crippen LogP contribution in [-0.4, -0.2) is 58.7 Å². The van der Waals surface area contributed by atoms with Gasteiger partial charge in [0.05, 0.1) is 26.1 Å². The molecule has 1 saturated heterocycles. The number of methoxy groups -OCH3 is 2. The summed E-state index contributed by atoms with van der Waals surface area (Å²) in [5, 5.41) is 7.49. The molecule has 0 radical (unpaired) electrons. The Morgan fingerprint density at radius 1 is 1.26 bits per heavy atom. The van der Waals surface area contributed by atoms with Crippen molar-refractivity contribution in [3.8, 4) is 11.4 Å². The Bertz CT molecular complexity index is 854. The minimum Gasteiger partial charge on any atom is -0.494 e. The maximum absolute atomic E-state index is 12.8. The first-order valence-electron chi connectivity index (χ1n) is 8.87. The van der Waals surface area contributed by atoms with E-state index in [0.717, 1.165) is 25.9 Å². The van der Waals surface area contributed by atoms with Crippen LogP contribution in [-0.2, 0) is 14.8 Å². The third-order valence-electron chi connectivity index (χ3n) is 4.95. The molecule has 0 spiro atoms. The molecular formula is C18H26N4O4S. The van der Waals surface area contributed by atoms with Gasteiger partial charge in [-0.2, -0.15) is 5.10 Å². The van der Waals surface area contributed by atoms with Gasteiger partial charge in [0.1, 0.15) is 16.3 Å². The summed E-state index contributed by atoms with van der Waals surface area (Å²) in [7, 11) is -0.459. The van der Waals surface area contributed by atoms with Crippen LogP contribution in [0.4, 0.5) is 0 Å². The molecule has 27 heavy (non-hydrogen) atoms. The van der Waals surface area contributed by atoms with Gasteiger partial charge in [-0.25, -0.2) is 17.8 Å². The van der Waals surface area contributed by atoms with Crippen LogP contribution in [0.2, 0.25) is 0 Å². The highest BCUT2D eigenvalue weighted by atomic mass is 32.2. The average Bonchev–Trinajstić information content (AvgIpc) is 3.19. The number of para-hydroxylation sites is 2. The zero-order chi connectivity index (χ0) is 19.3. The summed E-state index contributed by atoms with van der Waals surface area (Å²) in [6.07, 6.45) is 4.57.